The number of carbonyl (C=O) groups excluding carboxylic acids is 1. The zero-order chi connectivity index (χ0) is 23.9. The third-order valence-electron chi connectivity index (χ3n) is 4.46. The molecule has 0 saturated carbocycles. The summed E-state index contributed by atoms with van der Waals surface area (Å²) in [4.78, 5) is 16.6. The number of amides is 1. The van der Waals surface area contributed by atoms with Gasteiger partial charge in [-0.25, -0.2) is 0 Å². The molecule has 0 bridgehead atoms. The summed E-state index contributed by atoms with van der Waals surface area (Å²) in [6.45, 7) is 0. The van der Waals surface area contributed by atoms with Crippen LogP contribution in [0, 0.1) is 5.21 Å². The van der Waals surface area contributed by atoms with Gasteiger partial charge >= 0.3 is 0 Å². The second-order valence-corrected chi connectivity index (χ2v) is 8.22. The molecule has 0 unspecified atom stereocenters. The molecule has 4 rings (SSSR count). The van der Waals surface area contributed by atoms with Crippen molar-refractivity contribution in [2.45, 2.75) is 5.22 Å². The van der Waals surface area contributed by atoms with Crippen molar-refractivity contribution in [2.75, 3.05) is 16.3 Å². The fourth-order valence-electron chi connectivity index (χ4n) is 2.83. The van der Waals surface area contributed by atoms with E-state index in [1.54, 1.807) is 30.5 Å². The normalized spacial score (nSPS) is 11.0. The van der Waals surface area contributed by atoms with Crippen LogP contribution in [0.3, 0.4) is 0 Å². The second kappa shape index (κ2) is 10.9. The van der Waals surface area contributed by atoms with Crippen molar-refractivity contribution in [3.63, 3.8) is 0 Å². The van der Waals surface area contributed by atoms with E-state index in [9.17, 15) is 10.0 Å². The standard InChI is InChI=1S/C23H17ClN5O4S/c24-17-9-5-15(6-10-17)13-25-18-11-7-16(8-12-18)22-27-28-23(33-22)34-14-21(30)26-19-3-1-2-4-20(19)29(31)32/h1-13,31H,14H2,(H,26,30)/q-1. The molecule has 1 amide bonds. The van der Waals surface area contributed by atoms with Gasteiger partial charge in [-0.05, 0) is 54.1 Å². The van der Waals surface area contributed by atoms with Crippen molar-refractivity contribution in [3.05, 3.63) is 88.6 Å². The SMILES string of the molecule is O=C(CSc1nnc(-c2ccc(N=Cc3ccc(Cl)cc3)cc2)o1)Nc1ccccc1N([O-])O. The zero-order valence-corrected chi connectivity index (χ0v) is 19.0. The van der Waals surface area contributed by atoms with Crippen LogP contribution in [0.15, 0.2) is 87.4 Å². The van der Waals surface area contributed by atoms with E-state index < -0.39 is 5.91 Å². The highest BCUT2D eigenvalue weighted by molar-refractivity contribution is 7.99. The van der Waals surface area contributed by atoms with Gasteiger partial charge in [0.15, 0.2) is 0 Å². The first-order valence-electron chi connectivity index (χ1n) is 9.89. The summed E-state index contributed by atoms with van der Waals surface area (Å²) >= 11 is 6.93. The van der Waals surface area contributed by atoms with Crippen LogP contribution in [0.4, 0.5) is 17.1 Å². The lowest BCUT2D eigenvalue weighted by Crippen LogP contribution is -2.17. The maximum Gasteiger partial charge on any atom is 0.277 e. The minimum Gasteiger partial charge on any atom is -0.733 e. The van der Waals surface area contributed by atoms with E-state index >= 15 is 0 Å². The molecule has 3 aromatic carbocycles. The predicted octanol–water partition coefficient (Wildman–Crippen LogP) is 5.56. The highest BCUT2D eigenvalue weighted by Gasteiger charge is 2.13. The molecule has 11 heteroatoms. The molecule has 0 fully saturated rings. The van der Waals surface area contributed by atoms with Crippen LogP contribution in [0.2, 0.25) is 5.02 Å². The van der Waals surface area contributed by atoms with E-state index in [2.05, 4.69) is 20.5 Å². The molecule has 0 aliphatic heterocycles. The average molecular weight is 495 g/mol. The second-order valence-electron chi connectivity index (χ2n) is 6.86. The number of rotatable bonds is 8. The number of benzene rings is 3. The summed E-state index contributed by atoms with van der Waals surface area (Å²) in [5, 5.41) is 31.4. The van der Waals surface area contributed by atoms with Gasteiger partial charge in [0.1, 0.15) is 0 Å². The largest absolute Gasteiger partial charge is 0.733 e. The maximum atomic E-state index is 12.2. The van der Waals surface area contributed by atoms with E-state index in [4.69, 9.17) is 21.2 Å². The van der Waals surface area contributed by atoms with Crippen molar-refractivity contribution in [1.29, 1.82) is 0 Å². The third-order valence-corrected chi connectivity index (χ3v) is 5.53. The summed E-state index contributed by atoms with van der Waals surface area (Å²) in [6.07, 6.45) is 1.74. The number of nitrogens with zero attached hydrogens (tertiary/aromatic N) is 4. The molecule has 0 radical (unpaired) electrons. The van der Waals surface area contributed by atoms with Crippen LogP contribution in [0.25, 0.3) is 11.5 Å². The third kappa shape index (κ3) is 6.21. The van der Waals surface area contributed by atoms with E-state index in [0.717, 1.165) is 23.0 Å². The molecular formula is C23H17ClN5O4S-. The van der Waals surface area contributed by atoms with Crippen LogP contribution in [-0.2, 0) is 4.79 Å². The number of para-hydroxylation sites is 2. The summed E-state index contributed by atoms with van der Waals surface area (Å²) in [5.41, 5.74) is 2.52. The molecule has 1 heterocycles. The number of nitrogens with one attached hydrogen (secondary N) is 1. The maximum absolute atomic E-state index is 12.2. The van der Waals surface area contributed by atoms with Gasteiger partial charge < -0.3 is 20.2 Å². The van der Waals surface area contributed by atoms with Crippen molar-refractivity contribution >= 4 is 52.5 Å². The number of carbonyl (C=O) groups is 1. The summed E-state index contributed by atoms with van der Waals surface area (Å²) in [7, 11) is 0. The lowest BCUT2D eigenvalue weighted by Gasteiger charge is -2.24. The smallest absolute Gasteiger partial charge is 0.277 e. The Labute approximate surface area is 203 Å². The molecule has 0 atom stereocenters. The lowest BCUT2D eigenvalue weighted by atomic mass is 10.2. The molecule has 34 heavy (non-hydrogen) atoms. The number of aromatic nitrogens is 2. The van der Waals surface area contributed by atoms with E-state index in [0.29, 0.717) is 16.5 Å². The Morgan fingerprint density at radius 1 is 1.12 bits per heavy atom. The van der Waals surface area contributed by atoms with E-state index in [1.165, 1.54) is 12.1 Å². The minimum absolute atomic E-state index is 0.0292. The molecule has 0 aliphatic carbocycles. The van der Waals surface area contributed by atoms with Gasteiger partial charge in [-0.1, -0.05) is 47.6 Å². The van der Waals surface area contributed by atoms with Crippen LogP contribution < -0.4 is 10.5 Å². The number of thioether (sulfide) groups is 1. The predicted molar refractivity (Wildman–Crippen MR) is 132 cm³/mol. The van der Waals surface area contributed by atoms with Gasteiger partial charge in [0.25, 0.3) is 5.22 Å². The molecule has 2 N–H and O–H groups in total. The van der Waals surface area contributed by atoms with Crippen molar-refractivity contribution in [1.82, 2.24) is 10.2 Å². The molecule has 0 spiro atoms. The van der Waals surface area contributed by atoms with E-state index in [1.807, 2.05) is 36.4 Å². The topological polar surface area (TPSA) is 127 Å². The Morgan fingerprint density at radius 3 is 2.59 bits per heavy atom. The van der Waals surface area contributed by atoms with Gasteiger partial charge in [0, 0.05) is 16.8 Å². The van der Waals surface area contributed by atoms with E-state index in [-0.39, 0.29) is 27.6 Å². The molecule has 0 saturated heterocycles. The van der Waals surface area contributed by atoms with Gasteiger partial charge in [0.2, 0.25) is 11.8 Å². The van der Waals surface area contributed by atoms with Crippen LogP contribution >= 0.6 is 23.4 Å². The minimum atomic E-state index is -0.401. The number of aliphatic imine (C=N–C) groups is 1. The first-order valence-corrected chi connectivity index (χ1v) is 11.3. The Kier molecular flexibility index (Phi) is 7.55. The Hall–Kier alpha value is -3.70. The van der Waals surface area contributed by atoms with Crippen molar-refractivity contribution in [3.8, 4) is 11.5 Å². The van der Waals surface area contributed by atoms with Gasteiger partial charge in [0.05, 0.1) is 22.8 Å². The Balaban J connectivity index is 1.33. The monoisotopic (exact) mass is 494 g/mol. The molecule has 4 aromatic rings. The van der Waals surface area contributed by atoms with Gasteiger partial charge in [-0.15, -0.1) is 10.2 Å². The number of anilines is 2. The fraction of sp³-hybridized carbons (Fsp3) is 0.0435. The van der Waals surface area contributed by atoms with Crippen LogP contribution in [-0.4, -0.2) is 33.3 Å². The van der Waals surface area contributed by atoms with Crippen molar-refractivity contribution < 1.29 is 14.4 Å². The quantitative estimate of drug-likeness (QED) is 0.185. The highest BCUT2D eigenvalue weighted by Crippen LogP contribution is 2.27. The first kappa shape index (κ1) is 23.5. The average Bonchev–Trinajstić information content (AvgIpc) is 3.32. The van der Waals surface area contributed by atoms with Crippen molar-refractivity contribution in [2.24, 2.45) is 4.99 Å². The molecule has 172 valence electrons. The van der Waals surface area contributed by atoms with Crippen LogP contribution in [0.5, 0.6) is 0 Å². The van der Waals surface area contributed by atoms with Gasteiger partial charge in [-0.3, -0.25) is 15.0 Å². The summed E-state index contributed by atoms with van der Waals surface area (Å²) < 4.78 is 5.62. The van der Waals surface area contributed by atoms with Gasteiger partial charge in [-0.2, -0.15) is 0 Å². The molecule has 9 nitrogen and oxygen atoms in total. The number of hydrogen-bond acceptors (Lipinski definition) is 9. The van der Waals surface area contributed by atoms with Crippen LogP contribution in [0.1, 0.15) is 5.56 Å². The first-order chi connectivity index (χ1) is 16.5. The highest BCUT2D eigenvalue weighted by atomic mass is 35.5. The Bertz CT molecular complexity index is 1290. The molecule has 0 aliphatic rings. The lowest BCUT2D eigenvalue weighted by molar-refractivity contribution is -0.113. The molecule has 1 aromatic heterocycles. The summed E-state index contributed by atoms with van der Waals surface area (Å²) in [6, 6.07) is 20.7. The fourth-order valence-corrected chi connectivity index (χ4v) is 3.52. The zero-order valence-electron chi connectivity index (χ0n) is 17.5. The molecular weight excluding hydrogens is 478 g/mol. The Morgan fingerprint density at radius 2 is 1.85 bits per heavy atom. The number of hydrogen-bond donors (Lipinski definition) is 2. The summed E-state index contributed by atoms with van der Waals surface area (Å²) in [5.74, 6) is -0.121. The number of halogens is 1.